The van der Waals surface area contributed by atoms with Crippen molar-refractivity contribution in [2.24, 2.45) is 5.92 Å². The van der Waals surface area contributed by atoms with Crippen LogP contribution in [0, 0.1) is 5.92 Å². The van der Waals surface area contributed by atoms with Crippen molar-refractivity contribution in [1.29, 1.82) is 0 Å². The third-order valence-corrected chi connectivity index (χ3v) is 4.84. The zero-order valence-electron chi connectivity index (χ0n) is 16.5. The Kier molecular flexibility index (Phi) is 5.25. The van der Waals surface area contributed by atoms with Gasteiger partial charge >= 0.3 is 6.18 Å². The normalized spacial score (nSPS) is 13.8. The van der Waals surface area contributed by atoms with E-state index in [-0.39, 0.29) is 22.6 Å². The number of hydrogen-bond donors (Lipinski definition) is 2. The first-order valence-corrected chi connectivity index (χ1v) is 9.42. The lowest BCUT2D eigenvalue weighted by Crippen LogP contribution is -2.18. The molecule has 8 nitrogen and oxygen atoms in total. The number of aldehydes is 1. The van der Waals surface area contributed by atoms with Gasteiger partial charge in [-0.1, -0.05) is 6.58 Å². The summed E-state index contributed by atoms with van der Waals surface area (Å²) in [6.45, 7) is 2.71. The average Bonchev–Trinajstić information content (AvgIpc) is 3.50. The minimum absolute atomic E-state index is 0.0739. The molecule has 3 heterocycles. The number of allylic oxidation sites excluding steroid dienone is 1. The van der Waals surface area contributed by atoms with Crippen LogP contribution < -0.4 is 15.4 Å². The Morgan fingerprint density at radius 3 is 2.74 bits per heavy atom. The SMILES string of the molecule is C=C(Nc1cc(Nc2ncc3cnn(CC(F)(F)F)c3c2OC)c(C=O)cn1)C1CC1. The van der Waals surface area contributed by atoms with Gasteiger partial charge in [0.15, 0.2) is 17.9 Å². The molecule has 0 amide bonds. The molecule has 0 atom stereocenters. The number of nitrogens with one attached hydrogen (secondary N) is 2. The van der Waals surface area contributed by atoms with Gasteiger partial charge in [0.1, 0.15) is 17.9 Å². The molecule has 4 rings (SSSR count). The lowest BCUT2D eigenvalue weighted by Gasteiger charge is -2.15. The minimum atomic E-state index is -4.46. The lowest BCUT2D eigenvalue weighted by atomic mass is 10.2. The molecular weight excluding hydrogens is 413 g/mol. The van der Waals surface area contributed by atoms with Gasteiger partial charge in [-0.15, -0.1) is 0 Å². The van der Waals surface area contributed by atoms with Crippen molar-refractivity contribution in [3.63, 3.8) is 0 Å². The standard InChI is InChI=1S/C20H19F3N6O2/c1-11(12-3-4-12)27-16-5-15(14(9-30)7-24-16)28-19-18(31-2)17-13(6-25-19)8-26-29(17)10-20(21,22)23/h5-9,12H,1,3-4,10H2,2H3,(H2,24,25,27,28). The number of methoxy groups -OCH3 is 1. The Morgan fingerprint density at radius 2 is 2.10 bits per heavy atom. The van der Waals surface area contributed by atoms with Gasteiger partial charge < -0.3 is 15.4 Å². The zero-order chi connectivity index (χ0) is 22.2. The van der Waals surface area contributed by atoms with Crippen LogP contribution in [0.25, 0.3) is 10.9 Å². The average molecular weight is 432 g/mol. The van der Waals surface area contributed by atoms with Crippen molar-refractivity contribution >= 4 is 34.5 Å². The summed E-state index contributed by atoms with van der Waals surface area (Å²) < 4.78 is 45.0. The molecule has 3 aromatic rings. The topological polar surface area (TPSA) is 94.0 Å². The Balaban J connectivity index is 1.71. The number of carbonyl (C=O) groups is 1. The number of fused-ring (bicyclic) bond motifs is 1. The summed E-state index contributed by atoms with van der Waals surface area (Å²) in [5.41, 5.74) is 1.59. The van der Waals surface area contributed by atoms with Gasteiger partial charge in [-0.3, -0.25) is 9.48 Å². The fourth-order valence-corrected chi connectivity index (χ4v) is 3.18. The van der Waals surface area contributed by atoms with Gasteiger partial charge in [0.25, 0.3) is 0 Å². The molecule has 2 N–H and O–H groups in total. The molecule has 3 aromatic heterocycles. The van der Waals surface area contributed by atoms with Crippen LogP contribution in [0.5, 0.6) is 5.75 Å². The molecule has 0 radical (unpaired) electrons. The summed E-state index contributed by atoms with van der Waals surface area (Å²) in [4.78, 5) is 19.9. The molecule has 0 aliphatic heterocycles. The highest BCUT2D eigenvalue weighted by Crippen LogP contribution is 2.37. The number of halogens is 3. The van der Waals surface area contributed by atoms with E-state index in [2.05, 4.69) is 32.3 Å². The van der Waals surface area contributed by atoms with E-state index in [1.54, 1.807) is 6.07 Å². The summed E-state index contributed by atoms with van der Waals surface area (Å²) in [7, 11) is 1.33. The Morgan fingerprint density at radius 1 is 1.32 bits per heavy atom. The van der Waals surface area contributed by atoms with Gasteiger partial charge in [0.2, 0.25) is 0 Å². The first-order chi connectivity index (χ1) is 14.8. The molecule has 11 heteroatoms. The highest BCUT2D eigenvalue weighted by molar-refractivity contribution is 5.92. The second-order valence-electron chi connectivity index (χ2n) is 7.19. The van der Waals surface area contributed by atoms with E-state index >= 15 is 0 Å². The number of nitrogens with zero attached hydrogens (tertiary/aromatic N) is 4. The maximum Gasteiger partial charge on any atom is 0.408 e. The van der Waals surface area contributed by atoms with Crippen molar-refractivity contribution in [3.8, 4) is 5.75 Å². The summed E-state index contributed by atoms with van der Waals surface area (Å²) in [6, 6.07) is 1.61. The molecular formula is C20H19F3N6O2. The molecule has 1 fully saturated rings. The van der Waals surface area contributed by atoms with Crippen LogP contribution >= 0.6 is 0 Å². The summed E-state index contributed by atoms with van der Waals surface area (Å²) >= 11 is 0. The van der Waals surface area contributed by atoms with Crippen LogP contribution in [0.2, 0.25) is 0 Å². The number of aromatic nitrogens is 4. The Hall–Kier alpha value is -3.63. The van der Waals surface area contributed by atoms with E-state index in [0.717, 1.165) is 23.2 Å². The van der Waals surface area contributed by atoms with Crippen LogP contribution in [-0.2, 0) is 6.54 Å². The molecule has 162 valence electrons. The number of ether oxygens (including phenoxy) is 1. The summed E-state index contributed by atoms with van der Waals surface area (Å²) in [5, 5.41) is 10.3. The van der Waals surface area contributed by atoms with Crippen LogP contribution in [0.15, 0.2) is 36.9 Å². The number of pyridine rings is 2. The predicted molar refractivity (Wildman–Crippen MR) is 109 cm³/mol. The van der Waals surface area contributed by atoms with Crippen molar-refractivity contribution in [2.75, 3.05) is 17.7 Å². The van der Waals surface area contributed by atoms with Crippen molar-refractivity contribution in [2.45, 2.75) is 25.6 Å². The van der Waals surface area contributed by atoms with Crippen LogP contribution in [-0.4, -0.2) is 39.3 Å². The molecule has 31 heavy (non-hydrogen) atoms. The molecule has 0 aromatic carbocycles. The molecule has 0 unspecified atom stereocenters. The highest BCUT2D eigenvalue weighted by atomic mass is 19.4. The smallest absolute Gasteiger partial charge is 0.408 e. The fraction of sp³-hybridized carbons (Fsp3) is 0.300. The monoisotopic (exact) mass is 432 g/mol. The van der Waals surface area contributed by atoms with E-state index < -0.39 is 12.7 Å². The first-order valence-electron chi connectivity index (χ1n) is 9.42. The number of alkyl halides is 3. The summed E-state index contributed by atoms with van der Waals surface area (Å²) in [6.07, 6.45) is 2.35. The molecule has 1 aliphatic rings. The van der Waals surface area contributed by atoms with Gasteiger partial charge in [-0.25, -0.2) is 9.97 Å². The lowest BCUT2D eigenvalue weighted by molar-refractivity contribution is -0.141. The van der Waals surface area contributed by atoms with Crippen molar-refractivity contribution < 1.29 is 22.7 Å². The number of rotatable bonds is 8. The molecule has 0 spiro atoms. The van der Waals surface area contributed by atoms with E-state index in [1.165, 1.54) is 25.7 Å². The Labute approximate surface area is 175 Å². The van der Waals surface area contributed by atoms with Crippen LogP contribution in [0.4, 0.5) is 30.5 Å². The maximum absolute atomic E-state index is 12.9. The number of anilines is 3. The molecule has 0 saturated heterocycles. The Bertz CT molecular complexity index is 1150. The summed E-state index contributed by atoms with van der Waals surface area (Å²) in [5.74, 6) is 1.10. The fourth-order valence-electron chi connectivity index (χ4n) is 3.18. The van der Waals surface area contributed by atoms with Gasteiger partial charge in [-0.2, -0.15) is 18.3 Å². The van der Waals surface area contributed by atoms with Gasteiger partial charge in [-0.05, 0) is 18.8 Å². The van der Waals surface area contributed by atoms with E-state index in [4.69, 9.17) is 4.74 Å². The number of hydrogen-bond acceptors (Lipinski definition) is 7. The predicted octanol–water partition coefficient (Wildman–Crippen LogP) is 4.29. The van der Waals surface area contributed by atoms with Crippen molar-refractivity contribution in [3.05, 3.63) is 42.5 Å². The maximum atomic E-state index is 12.9. The minimum Gasteiger partial charge on any atom is -0.491 e. The zero-order valence-corrected chi connectivity index (χ0v) is 16.5. The van der Waals surface area contributed by atoms with Crippen LogP contribution in [0.1, 0.15) is 23.2 Å². The van der Waals surface area contributed by atoms with E-state index in [0.29, 0.717) is 29.1 Å². The largest absolute Gasteiger partial charge is 0.491 e. The second kappa shape index (κ2) is 7.89. The van der Waals surface area contributed by atoms with E-state index in [9.17, 15) is 18.0 Å². The molecule has 0 bridgehead atoms. The highest BCUT2D eigenvalue weighted by Gasteiger charge is 2.30. The van der Waals surface area contributed by atoms with Crippen molar-refractivity contribution in [1.82, 2.24) is 19.7 Å². The third-order valence-electron chi connectivity index (χ3n) is 4.84. The van der Waals surface area contributed by atoms with Crippen LogP contribution in [0.3, 0.4) is 0 Å². The molecule has 1 saturated carbocycles. The van der Waals surface area contributed by atoms with Gasteiger partial charge in [0, 0.05) is 29.5 Å². The quantitative estimate of drug-likeness (QED) is 0.513. The third kappa shape index (κ3) is 4.44. The second-order valence-corrected chi connectivity index (χ2v) is 7.19. The molecule has 1 aliphatic carbocycles. The first kappa shape index (κ1) is 20.6. The van der Waals surface area contributed by atoms with E-state index in [1.807, 2.05) is 0 Å². The van der Waals surface area contributed by atoms with Gasteiger partial charge in [0.05, 0.1) is 24.6 Å². The number of carbonyl (C=O) groups excluding carboxylic acids is 1.